The highest BCUT2D eigenvalue weighted by Gasteiger charge is 2.25. The summed E-state index contributed by atoms with van der Waals surface area (Å²) < 4.78 is 5.06. The van der Waals surface area contributed by atoms with Gasteiger partial charge in [0.15, 0.2) is 0 Å². The van der Waals surface area contributed by atoms with E-state index in [4.69, 9.17) is 4.74 Å². The van der Waals surface area contributed by atoms with Crippen LogP contribution < -0.4 is 0 Å². The van der Waals surface area contributed by atoms with Crippen LogP contribution in [0, 0.1) is 0 Å². The van der Waals surface area contributed by atoms with Gasteiger partial charge in [-0.3, -0.25) is 0 Å². The monoisotopic (exact) mass is 214 g/mol. The number of rotatable bonds is 2. The molecule has 1 aliphatic rings. The molecule has 0 spiro atoms. The normalized spacial score (nSPS) is 19.1. The third kappa shape index (κ3) is 3.38. The molecule has 0 aromatic heterocycles. The maximum Gasteiger partial charge on any atom is 0.424 e. The summed E-state index contributed by atoms with van der Waals surface area (Å²) in [5.41, 5.74) is 0. The number of nitrogens with zero attached hydrogens (tertiary/aromatic N) is 2. The Morgan fingerprint density at radius 2 is 1.93 bits per heavy atom. The lowest BCUT2D eigenvalue weighted by atomic mass is 10.2. The number of hydrogen-bond donors (Lipinski definition) is 0. The van der Waals surface area contributed by atoms with Crippen LogP contribution in [0.3, 0.4) is 0 Å². The van der Waals surface area contributed by atoms with Crippen LogP contribution in [0.1, 0.15) is 40.0 Å². The van der Waals surface area contributed by atoms with Crippen molar-refractivity contribution < 1.29 is 9.53 Å². The molecule has 0 N–H and O–H groups in total. The number of carbonyl (C=O) groups excluding carboxylic acids is 1. The van der Waals surface area contributed by atoms with E-state index in [0.717, 1.165) is 25.9 Å². The Morgan fingerprint density at radius 3 is 2.53 bits per heavy atom. The van der Waals surface area contributed by atoms with Crippen molar-refractivity contribution in [3.05, 3.63) is 0 Å². The maximum absolute atomic E-state index is 11.7. The van der Waals surface area contributed by atoms with E-state index in [1.54, 1.807) is 5.01 Å². The largest absolute Gasteiger partial charge is 0.449 e. The first-order chi connectivity index (χ1) is 7.16. The number of carbonyl (C=O) groups is 1. The molecule has 15 heavy (non-hydrogen) atoms. The van der Waals surface area contributed by atoms with Gasteiger partial charge >= 0.3 is 6.09 Å². The van der Waals surface area contributed by atoms with Gasteiger partial charge in [-0.2, -0.15) is 0 Å². The quantitative estimate of drug-likeness (QED) is 0.707. The molecule has 0 atom stereocenters. The summed E-state index contributed by atoms with van der Waals surface area (Å²) in [6.07, 6.45) is 3.23. The molecule has 1 heterocycles. The molecule has 0 aromatic carbocycles. The summed E-state index contributed by atoms with van der Waals surface area (Å²) >= 11 is 0. The van der Waals surface area contributed by atoms with Gasteiger partial charge in [0.1, 0.15) is 0 Å². The Morgan fingerprint density at radius 1 is 1.27 bits per heavy atom. The fourth-order valence-electron chi connectivity index (χ4n) is 1.89. The van der Waals surface area contributed by atoms with Crippen molar-refractivity contribution in [1.82, 2.24) is 10.0 Å². The van der Waals surface area contributed by atoms with Crippen LogP contribution in [0.15, 0.2) is 0 Å². The molecule has 0 bridgehead atoms. The van der Waals surface area contributed by atoms with Gasteiger partial charge in [-0.1, -0.05) is 6.42 Å². The molecule has 1 fully saturated rings. The van der Waals surface area contributed by atoms with E-state index in [1.807, 2.05) is 6.92 Å². The summed E-state index contributed by atoms with van der Waals surface area (Å²) in [5.74, 6) is 0. The number of ether oxygens (including phenoxy) is 1. The smallest absolute Gasteiger partial charge is 0.424 e. The topological polar surface area (TPSA) is 32.8 Å². The second-order valence-electron chi connectivity index (χ2n) is 4.14. The lowest BCUT2D eigenvalue weighted by Gasteiger charge is -2.35. The van der Waals surface area contributed by atoms with Gasteiger partial charge in [-0.15, -0.1) is 0 Å². The highest BCUT2D eigenvalue weighted by Crippen LogP contribution is 2.15. The minimum Gasteiger partial charge on any atom is -0.449 e. The second kappa shape index (κ2) is 5.95. The summed E-state index contributed by atoms with van der Waals surface area (Å²) in [6.45, 7) is 8.25. The van der Waals surface area contributed by atoms with Gasteiger partial charge in [-0.05, 0) is 33.6 Å². The molecule has 1 saturated heterocycles. The van der Waals surface area contributed by atoms with Crippen molar-refractivity contribution in [3.8, 4) is 0 Å². The molecular weight excluding hydrogens is 192 g/mol. The summed E-state index contributed by atoms with van der Waals surface area (Å²) in [4.78, 5) is 11.7. The zero-order valence-corrected chi connectivity index (χ0v) is 10.0. The summed E-state index contributed by atoms with van der Waals surface area (Å²) in [7, 11) is 0. The van der Waals surface area contributed by atoms with Gasteiger partial charge in [-0.25, -0.2) is 14.8 Å². The average molecular weight is 214 g/mol. The van der Waals surface area contributed by atoms with Gasteiger partial charge in [0, 0.05) is 19.1 Å². The number of hydrazine groups is 1. The van der Waals surface area contributed by atoms with Gasteiger partial charge in [0.25, 0.3) is 0 Å². The van der Waals surface area contributed by atoms with Crippen LogP contribution in [0.25, 0.3) is 0 Å². The molecule has 88 valence electrons. The summed E-state index contributed by atoms with van der Waals surface area (Å²) in [5, 5.41) is 3.88. The Kier molecular flexibility index (Phi) is 4.88. The predicted molar refractivity (Wildman–Crippen MR) is 59.4 cm³/mol. The van der Waals surface area contributed by atoms with Crippen LogP contribution in [0.5, 0.6) is 0 Å². The molecule has 1 amide bonds. The zero-order chi connectivity index (χ0) is 11.3. The molecule has 4 nitrogen and oxygen atoms in total. The van der Waals surface area contributed by atoms with Gasteiger partial charge in [0.05, 0.1) is 6.61 Å². The SMILES string of the molecule is CCOC(=O)N1CCCCCN1C(C)C. The minimum atomic E-state index is -0.201. The van der Waals surface area contributed by atoms with E-state index >= 15 is 0 Å². The third-order valence-electron chi connectivity index (χ3n) is 2.64. The lowest BCUT2D eigenvalue weighted by molar-refractivity contribution is -0.0353. The van der Waals surface area contributed by atoms with Crippen LogP contribution in [-0.4, -0.2) is 41.8 Å². The fraction of sp³-hybridized carbons (Fsp3) is 0.909. The Hall–Kier alpha value is -0.770. The highest BCUT2D eigenvalue weighted by atomic mass is 16.6. The van der Waals surface area contributed by atoms with Crippen molar-refractivity contribution in [2.24, 2.45) is 0 Å². The molecule has 0 aliphatic carbocycles. The lowest BCUT2D eigenvalue weighted by Crippen LogP contribution is -2.49. The molecule has 0 radical (unpaired) electrons. The Balaban J connectivity index is 2.65. The van der Waals surface area contributed by atoms with Crippen LogP contribution in [0.2, 0.25) is 0 Å². The number of amides is 1. The Labute approximate surface area is 92.1 Å². The standard InChI is InChI=1S/C11H22N2O2/c1-4-15-11(14)13-9-7-5-6-8-12(13)10(2)3/h10H,4-9H2,1-3H3. The predicted octanol–water partition coefficient (Wildman–Crippen LogP) is 2.25. The van der Waals surface area contributed by atoms with Crippen LogP contribution in [-0.2, 0) is 4.74 Å². The van der Waals surface area contributed by atoms with E-state index in [0.29, 0.717) is 12.6 Å². The molecule has 0 saturated carbocycles. The molecule has 4 heteroatoms. The first-order valence-corrected chi connectivity index (χ1v) is 5.87. The molecule has 0 aromatic rings. The van der Waals surface area contributed by atoms with Crippen molar-refractivity contribution >= 4 is 6.09 Å². The highest BCUT2D eigenvalue weighted by molar-refractivity contribution is 5.67. The average Bonchev–Trinajstić information content (AvgIpc) is 2.42. The van der Waals surface area contributed by atoms with E-state index in [-0.39, 0.29) is 6.09 Å². The number of hydrogen-bond acceptors (Lipinski definition) is 3. The third-order valence-corrected chi connectivity index (χ3v) is 2.64. The van der Waals surface area contributed by atoms with Crippen molar-refractivity contribution in [2.45, 2.75) is 46.1 Å². The van der Waals surface area contributed by atoms with Crippen molar-refractivity contribution in [2.75, 3.05) is 19.7 Å². The van der Waals surface area contributed by atoms with Crippen molar-refractivity contribution in [1.29, 1.82) is 0 Å². The zero-order valence-electron chi connectivity index (χ0n) is 10.0. The maximum atomic E-state index is 11.7. The molecular formula is C11H22N2O2. The van der Waals surface area contributed by atoms with E-state index in [9.17, 15) is 4.79 Å². The second-order valence-corrected chi connectivity index (χ2v) is 4.14. The Bertz CT molecular complexity index is 207. The van der Waals surface area contributed by atoms with Crippen LogP contribution in [0.4, 0.5) is 4.79 Å². The molecule has 1 aliphatic heterocycles. The summed E-state index contributed by atoms with van der Waals surface area (Å²) in [6, 6.07) is 0.354. The molecule has 0 unspecified atom stereocenters. The van der Waals surface area contributed by atoms with Gasteiger partial charge < -0.3 is 4.74 Å². The fourth-order valence-corrected chi connectivity index (χ4v) is 1.89. The van der Waals surface area contributed by atoms with E-state index in [1.165, 1.54) is 6.42 Å². The molecule has 1 rings (SSSR count). The first kappa shape index (κ1) is 12.3. The first-order valence-electron chi connectivity index (χ1n) is 5.87. The van der Waals surface area contributed by atoms with E-state index in [2.05, 4.69) is 18.9 Å². The van der Waals surface area contributed by atoms with Gasteiger partial charge in [0.2, 0.25) is 0 Å². The van der Waals surface area contributed by atoms with Crippen LogP contribution >= 0.6 is 0 Å². The minimum absolute atomic E-state index is 0.201. The van der Waals surface area contributed by atoms with Crippen molar-refractivity contribution in [3.63, 3.8) is 0 Å². The van der Waals surface area contributed by atoms with E-state index < -0.39 is 0 Å².